The number of hydrogen-bond donors (Lipinski definition) is 1. The average Bonchev–Trinajstić information content (AvgIpc) is 3.24. The summed E-state index contributed by atoms with van der Waals surface area (Å²) in [6, 6.07) is 11.9. The second-order valence-corrected chi connectivity index (χ2v) is 10.1. The van der Waals surface area contributed by atoms with Crippen molar-refractivity contribution in [3.05, 3.63) is 63.8 Å². The van der Waals surface area contributed by atoms with Gasteiger partial charge in [-0.3, -0.25) is 9.59 Å². The Kier molecular flexibility index (Phi) is 7.34. The fraction of sp³-hybridized carbons (Fsp3) is 0.370. The molecule has 0 spiro atoms. The van der Waals surface area contributed by atoms with Crippen LogP contribution in [0.25, 0.3) is 21.8 Å². The maximum Gasteiger partial charge on any atom is 0.275 e. The number of ketones is 1. The van der Waals surface area contributed by atoms with Crippen LogP contribution in [-0.4, -0.2) is 38.6 Å². The minimum atomic E-state index is -2.67. The normalized spacial score (nSPS) is 11.8. The van der Waals surface area contributed by atoms with Gasteiger partial charge in [0.05, 0.1) is 34.1 Å². The van der Waals surface area contributed by atoms with Crippen LogP contribution in [0, 0.1) is 16.7 Å². The van der Waals surface area contributed by atoms with Crippen LogP contribution in [0.1, 0.15) is 50.7 Å². The Labute approximate surface area is 211 Å². The van der Waals surface area contributed by atoms with Gasteiger partial charge in [0, 0.05) is 17.9 Å². The highest BCUT2D eigenvalue weighted by atomic mass is 19.3. The van der Waals surface area contributed by atoms with E-state index in [-0.39, 0.29) is 41.0 Å². The molecule has 0 aliphatic heterocycles. The van der Waals surface area contributed by atoms with Crippen molar-refractivity contribution in [2.75, 3.05) is 6.61 Å². The van der Waals surface area contributed by atoms with E-state index in [1.807, 2.05) is 6.07 Å². The van der Waals surface area contributed by atoms with Crippen LogP contribution in [0.5, 0.6) is 5.75 Å². The van der Waals surface area contributed by atoms with E-state index in [4.69, 9.17) is 4.74 Å². The zero-order valence-electron chi connectivity index (χ0n) is 20.8. The monoisotopic (exact) mass is 507 g/mol. The topological polar surface area (TPSA) is 114 Å². The fourth-order valence-electron chi connectivity index (χ4n) is 4.00. The molecular formula is C27H27F2N5O3. The van der Waals surface area contributed by atoms with Gasteiger partial charge in [-0.25, -0.2) is 18.4 Å². The van der Waals surface area contributed by atoms with Crippen LogP contribution in [0.15, 0.2) is 41.2 Å². The Bertz CT molecular complexity index is 1560. The van der Waals surface area contributed by atoms with Crippen LogP contribution < -0.4 is 10.3 Å². The van der Waals surface area contributed by atoms with E-state index in [2.05, 4.69) is 35.8 Å². The molecule has 2 heterocycles. The first-order chi connectivity index (χ1) is 17.5. The summed E-state index contributed by atoms with van der Waals surface area (Å²) in [7, 11) is 0. The number of nitrogens with one attached hydrogen (secondary N) is 1. The number of rotatable bonds is 9. The molecule has 0 aliphatic carbocycles. The van der Waals surface area contributed by atoms with Crippen LogP contribution in [-0.2, 0) is 17.8 Å². The van der Waals surface area contributed by atoms with Crippen LogP contribution in [0.4, 0.5) is 8.78 Å². The van der Waals surface area contributed by atoms with Gasteiger partial charge in [-0.1, -0.05) is 39.0 Å². The third kappa shape index (κ3) is 6.17. The predicted octanol–water partition coefficient (Wildman–Crippen LogP) is 4.77. The van der Waals surface area contributed by atoms with Gasteiger partial charge in [-0.15, -0.1) is 0 Å². The quantitative estimate of drug-likeness (QED) is 0.349. The number of hydrogen-bond acceptors (Lipinski definition) is 6. The second-order valence-electron chi connectivity index (χ2n) is 10.1. The molecule has 2 aromatic heterocycles. The smallest absolute Gasteiger partial charge is 0.275 e. The summed E-state index contributed by atoms with van der Waals surface area (Å²) in [6.07, 6.45) is -1.41. The molecule has 0 aliphatic rings. The molecule has 37 heavy (non-hydrogen) atoms. The molecule has 8 nitrogen and oxygen atoms in total. The lowest BCUT2D eigenvalue weighted by atomic mass is 9.89. The van der Waals surface area contributed by atoms with Gasteiger partial charge in [-0.05, 0) is 24.0 Å². The number of fused-ring (bicyclic) bond motifs is 2. The van der Waals surface area contributed by atoms with Crippen molar-refractivity contribution in [3.63, 3.8) is 0 Å². The van der Waals surface area contributed by atoms with E-state index >= 15 is 0 Å². The van der Waals surface area contributed by atoms with Crippen molar-refractivity contribution in [2.24, 2.45) is 5.41 Å². The highest BCUT2D eigenvalue weighted by Crippen LogP contribution is 2.26. The molecule has 4 rings (SSSR count). The highest BCUT2D eigenvalue weighted by molar-refractivity contribution is 5.85. The maximum absolute atomic E-state index is 13.1. The number of carbonyl (C=O) groups is 1. The lowest BCUT2D eigenvalue weighted by Crippen LogP contribution is -2.28. The van der Waals surface area contributed by atoms with Gasteiger partial charge < -0.3 is 9.72 Å². The van der Waals surface area contributed by atoms with Crippen LogP contribution in [0.3, 0.4) is 0 Å². The van der Waals surface area contributed by atoms with Gasteiger partial charge in [0.25, 0.3) is 12.0 Å². The van der Waals surface area contributed by atoms with Crippen LogP contribution in [0.2, 0.25) is 0 Å². The molecule has 0 radical (unpaired) electrons. The number of Topliss-reactive ketones (excluding diaryl/α,β-unsaturated/α-hetero) is 1. The standard InChI is InChI=1S/C27H27F2N5O3/c1-27(2,3)9-8-17(35)14-34-26(36)19-7-5-4-6-18(19)20(33-34)12-25-31-21-10-16(13-30)23(11-22(21)32-25)37-15-24(28)29/h4-7,10-11,24H,8-9,12,14-15H2,1-3H3,(H,31,32). The largest absolute Gasteiger partial charge is 0.486 e. The number of aromatic nitrogens is 4. The summed E-state index contributed by atoms with van der Waals surface area (Å²) in [6.45, 7) is 5.21. The van der Waals surface area contributed by atoms with Gasteiger partial charge in [0.2, 0.25) is 0 Å². The molecule has 0 saturated carbocycles. The number of nitrogens with zero attached hydrogens (tertiary/aromatic N) is 4. The molecule has 1 N–H and O–H groups in total. The Morgan fingerprint density at radius 1 is 1.22 bits per heavy atom. The molecule has 2 aromatic carbocycles. The zero-order chi connectivity index (χ0) is 26.7. The minimum Gasteiger partial charge on any atom is -0.486 e. The molecule has 0 fully saturated rings. The van der Waals surface area contributed by atoms with Crippen molar-refractivity contribution < 1.29 is 18.3 Å². The number of carbonyl (C=O) groups excluding carboxylic acids is 1. The summed E-state index contributed by atoms with van der Waals surface area (Å²) < 4.78 is 31.5. The number of benzene rings is 2. The van der Waals surface area contributed by atoms with Crippen molar-refractivity contribution in [1.29, 1.82) is 5.26 Å². The summed E-state index contributed by atoms with van der Waals surface area (Å²) in [4.78, 5) is 33.3. The molecule has 0 atom stereocenters. The number of aromatic amines is 1. The first-order valence-electron chi connectivity index (χ1n) is 11.9. The number of alkyl halides is 2. The van der Waals surface area contributed by atoms with Crippen LogP contribution >= 0.6 is 0 Å². The Morgan fingerprint density at radius 3 is 2.62 bits per heavy atom. The highest BCUT2D eigenvalue weighted by Gasteiger charge is 2.18. The number of ether oxygens (including phenoxy) is 1. The van der Waals surface area contributed by atoms with E-state index in [1.54, 1.807) is 24.3 Å². The Balaban J connectivity index is 1.68. The summed E-state index contributed by atoms with van der Waals surface area (Å²) >= 11 is 0. The lowest BCUT2D eigenvalue weighted by Gasteiger charge is -2.17. The third-order valence-corrected chi connectivity index (χ3v) is 5.88. The fourth-order valence-corrected chi connectivity index (χ4v) is 4.00. The Hall–Kier alpha value is -4.13. The summed E-state index contributed by atoms with van der Waals surface area (Å²) in [5.41, 5.74) is 1.29. The number of imidazole rings is 1. The van der Waals surface area contributed by atoms with Gasteiger partial charge in [-0.2, -0.15) is 10.4 Å². The van der Waals surface area contributed by atoms with E-state index in [9.17, 15) is 23.6 Å². The molecular weight excluding hydrogens is 480 g/mol. The number of nitriles is 1. The predicted molar refractivity (Wildman–Crippen MR) is 135 cm³/mol. The number of H-pyrrole nitrogens is 1. The molecule has 4 aromatic rings. The number of halogens is 2. The van der Waals surface area contributed by atoms with E-state index < -0.39 is 13.0 Å². The molecule has 10 heteroatoms. The summed E-state index contributed by atoms with van der Waals surface area (Å²) in [5, 5.41) is 15.0. The van der Waals surface area contributed by atoms with E-state index in [0.717, 1.165) is 0 Å². The molecule has 0 saturated heterocycles. The lowest BCUT2D eigenvalue weighted by molar-refractivity contribution is -0.120. The third-order valence-electron chi connectivity index (χ3n) is 5.88. The SMILES string of the molecule is CC(C)(C)CCC(=O)Cn1nc(Cc2nc3cc(OCC(F)F)c(C#N)cc3[nH]2)c2ccccc2c1=O. The maximum atomic E-state index is 13.1. The Morgan fingerprint density at radius 2 is 1.95 bits per heavy atom. The van der Waals surface area contributed by atoms with E-state index in [1.165, 1.54) is 16.8 Å². The van der Waals surface area contributed by atoms with Crippen molar-refractivity contribution in [3.8, 4) is 11.8 Å². The minimum absolute atomic E-state index is 0.000339. The second kappa shape index (κ2) is 10.5. The molecule has 0 unspecified atom stereocenters. The first-order valence-corrected chi connectivity index (χ1v) is 11.9. The molecule has 0 bridgehead atoms. The molecule has 192 valence electrons. The van der Waals surface area contributed by atoms with E-state index in [0.29, 0.717) is 46.2 Å². The van der Waals surface area contributed by atoms with Gasteiger partial charge in [0.15, 0.2) is 5.78 Å². The van der Waals surface area contributed by atoms with Crippen molar-refractivity contribution >= 4 is 27.6 Å². The summed E-state index contributed by atoms with van der Waals surface area (Å²) in [5.74, 6) is 0.445. The zero-order valence-corrected chi connectivity index (χ0v) is 20.8. The average molecular weight is 508 g/mol. The van der Waals surface area contributed by atoms with Crippen molar-refractivity contribution in [2.45, 2.75) is 53.0 Å². The van der Waals surface area contributed by atoms with Crippen molar-refractivity contribution in [1.82, 2.24) is 19.7 Å². The van der Waals surface area contributed by atoms with Gasteiger partial charge in [0.1, 0.15) is 30.8 Å². The van der Waals surface area contributed by atoms with Gasteiger partial charge >= 0.3 is 0 Å². The molecule has 0 amide bonds. The first kappa shape index (κ1) is 25.9.